The van der Waals surface area contributed by atoms with Crippen LogP contribution in [0.3, 0.4) is 0 Å². The molecule has 0 unspecified atom stereocenters. The van der Waals surface area contributed by atoms with Crippen LogP contribution in [0, 0.1) is 0 Å². The molecule has 2 amide bonds. The molecule has 27 heavy (non-hydrogen) atoms. The number of rotatable bonds is 4. The van der Waals surface area contributed by atoms with E-state index in [9.17, 15) is 9.59 Å². The van der Waals surface area contributed by atoms with Gasteiger partial charge in [0.2, 0.25) is 11.8 Å². The SMILES string of the molecule is Cl.Cl.NCC(=O)N[C@H]1CN[C@H](C(=O)N2CCN(c3ccccc3Cl)CC2)C1. The number of carbonyl (C=O) groups is 2. The summed E-state index contributed by atoms with van der Waals surface area (Å²) in [7, 11) is 0. The lowest BCUT2D eigenvalue weighted by Crippen LogP contribution is -2.53. The number of nitrogens with zero attached hydrogens (tertiary/aromatic N) is 2. The first-order valence-corrected chi connectivity index (χ1v) is 8.97. The van der Waals surface area contributed by atoms with E-state index in [0.29, 0.717) is 26.1 Å². The highest BCUT2D eigenvalue weighted by Crippen LogP contribution is 2.26. The van der Waals surface area contributed by atoms with Gasteiger partial charge >= 0.3 is 0 Å². The maximum atomic E-state index is 12.7. The molecule has 2 aliphatic rings. The fourth-order valence-corrected chi connectivity index (χ4v) is 3.67. The van der Waals surface area contributed by atoms with Gasteiger partial charge in [-0.25, -0.2) is 0 Å². The summed E-state index contributed by atoms with van der Waals surface area (Å²) in [4.78, 5) is 28.2. The summed E-state index contributed by atoms with van der Waals surface area (Å²) in [5, 5.41) is 6.77. The Kier molecular flexibility index (Phi) is 9.62. The van der Waals surface area contributed by atoms with Crippen LogP contribution in [0.5, 0.6) is 0 Å². The Labute approximate surface area is 176 Å². The van der Waals surface area contributed by atoms with Crippen LogP contribution in [0.25, 0.3) is 0 Å². The molecule has 0 radical (unpaired) electrons. The van der Waals surface area contributed by atoms with Crippen molar-refractivity contribution in [2.45, 2.75) is 18.5 Å². The molecule has 2 aliphatic heterocycles. The second kappa shape index (κ2) is 10.9. The summed E-state index contributed by atoms with van der Waals surface area (Å²) in [6, 6.07) is 7.49. The number of nitrogens with one attached hydrogen (secondary N) is 2. The van der Waals surface area contributed by atoms with Crippen molar-refractivity contribution in [1.29, 1.82) is 0 Å². The molecule has 2 atom stereocenters. The van der Waals surface area contributed by atoms with E-state index in [2.05, 4.69) is 15.5 Å². The minimum absolute atomic E-state index is 0. The first kappa shape index (κ1) is 23.8. The third-order valence-corrected chi connectivity index (χ3v) is 5.08. The molecule has 7 nitrogen and oxygen atoms in total. The molecule has 0 aromatic heterocycles. The number of anilines is 1. The van der Waals surface area contributed by atoms with Gasteiger partial charge in [0.25, 0.3) is 0 Å². The average Bonchev–Trinajstić information content (AvgIpc) is 3.10. The topological polar surface area (TPSA) is 90.7 Å². The van der Waals surface area contributed by atoms with Crippen molar-refractivity contribution in [3.8, 4) is 0 Å². The van der Waals surface area contributed by atoms with Crippen LogP contribution in [-0.4, -0.2) is 68.1 Å². The van der Waals surface area contributed by atoms with Gasteiger partial charge in [-0.1, -0.05) is 23.7 Å². The highest BCUT2D eigenvalue weighted by Gasteiger charge is 2.34. The van der Waals surface area contributed by atoms with Crippen LogP contribution < -0.4 is 21.3 Å². The number of benzene rings is 1. The maximum absolute atomic E-state index is 12.7. The molecule has 0 saturated carbocycles. The molecule has 2 fully saturated rings. The molecule has 2 saturated heterocycles. The van der Waals surface area contributed by atoms with Gasteiger partial charge in [-0.15, -0.1) is 24.8 Å². The molecule has 10 heteroatoms. The molecule has 0 spiro atoms. The van der Waals surface area contributed by atoms with Crippen molar-refractivity contribution >= 4 is 53.9 Å². The van der Waals surface area contributed by atoms with Gasteiger partial charge in [-0.05, 0) is 18.6 Å². The van der Waals surface area contributed by atoms with Crippen LogP contribution in [0.2, 0.25) is 5.02 Å². The Morgan fingerprint density at radius 3 is 2.48 bits per heavy atom. The van der Waals surface area contributed by atoms with E-state index in [-0.39, 0.29) is 55.3 Å². The molecule has 152 valence electrons. The zero-order chi connectivity index (χ0) is 17.8. The largest absolute Gasteiger partial charge is 0.367 e. The van der Waals surface area contributed by atoms with Gasteiger partial charge in [0.05, 0.1) is 23.3 Å². The lowest BCUT2D eigenvalue weighted by molar-refractivity contribution is -0.133. The normalized spacial score (nSPS) is 21.9. The van der Waals surface area contributed by atoms with Gasteiger partial charge < -0.3 is 26.2 Å². The molecular weight excluding hydrogens is 413 g/mol. The summed E-state index contributed by atoms with van der Waals surface area (Å²) >= 11 is 6.25. The van der Waals surface area contributed by atoms with Gasteiger partial charge in [-0.2, -0.15) is 0 Å². The third-order valence-electron chi connectivity index (χ3n) is 4.76. The first-order chi connectivity index (χ1) is 12.1. The van der Waals surface area contributed by atoms with E-state index >= 15 is 0 Å². The lowest BCUT2D eigenvalue weighted by atomic mass is 10.1. The molecule has 1 aromatic rings. The zero-order valence-electron chi connectivity index (χ0n) is 14.9. The summed E-state index contributed by atoms with van der Waals surface area (Å²) in [5.74, 6) is -0.0865. The number of hydrogen-bond acceptors (Lipinski definition) is 5. The molecule has 0 bridgehead atoms. The molecule has 4 N–H and O–H groups in total. The monoisotopic (exact) mass is 437 g/mol. The number of hydrogen-bond donors (Lipinski definition) is 3. The van der Waals surface area contributed by atoms with Crippen LogP contribution in [-0.2, 0) is 9.59 Å². The first-order valence-electron chi connectivity index (χ1n) is 8.59. The quantitative estimate of drug-likeness (QED) is 0.642. The van der Waals surface area contributed by atoms with Crippen LogP contribution in [0.1, 0.15) is 6.42 Å². The number of nitrogens with two attached hydrogens (primary N) is 1. The van der Waals surface area contributed by atoms with Gasteiger partial charge in [0.15, 0.2) is 0 Å². The predicted octanol–water partition coefficient (Wildman–Crippen LogP) is 0.638. The molecule has 1 aromatic carbocycles. The van der Waals surface area contributed by atoms with E-state index in [0.717, 1.165) is 23.8 Å². The fraction of sp³-hybridized carbons (Fsp3) is 0.529. The Hall–Kier alpha value is -1.25. The Morgan fingerprint density at radius 1 is 1.19 bits per heavy atom. The number of halogens is 3. The standard InChI is InChI=1S/C17H24ClN5O2.2ClH/c18-13-3-1-2-4-15(13)22-5-7-23(8-6-22)17(25)14-9-12(11-20-14)21-16(24)10-19;;/h1-4,12,14,20H,5-11,19H2,(H,21,24);2*1H/t12-,14+;;/m1../s1. The lowest BCUT2D eigenvalue weighted by Gasteiger charge is -2.37. The van der Waals surface area contributed by atoms with Crippen molar-refractivity contribution in [2.24, 2.45) is 5.73 Å². The van der Waals surface area contributed by atoms with Crippen molar-refractivity contribution in [2.75, 3.05) is 44.2 Å². The van der Waals surface area contributed by atoms with E-state index < -0.39 is 0 Å². The van der Waals surface area contributed by atoms with Crippen molar-refractivity contribution in [1.82, 2.24) is 15.5 Å². The minimum atomic E-state index is -0.241. The Morgan fingerprint density at radius 2 is 1.85 bits per heavy atom. The van der Waals surface area contributed by atoms with Gasteiger partial charge in [0.1, 0.15) is 0 Å². The molecular formula is C17H26Cl3N5O2. The summed E-state index contributed by atoms with van der Waals surface area (Å²) in [5.41, 5.74) is 6.33. The van der Waals surface area contributed by atoms with Gasteiger partial charge in [0, 0.05) is 38.8 Å². The summed E-state index contributed by atoms with van der Waals surface area (Å²) < 4.78 is 0. The predicted molar refractivity (Wildman–Crippen MR) is 112 cm³/mol. The summed E-state index contributed by atoms with van der Waals surface area (Å²) in [6.07, 6.45) is 0.606. The third kappa shape index (κ3) is 5.86. The van der Waals surface area contributed by atoms with E-state index in [1.807, 2.05) is 29.2 Å². The zero-order valence-corrected chi connectivity index (χ0v) is 17.3. The number of para-hydroxylation sites is 1. The van der Waals surface area contributed by atoms with E-state index in [1.165, 1.54) is 0 Å². The molecule has 2 heterocycles. The average molecular weight is 439 g/mol. The second-order valence-electron chi connectivity index (χ2n) is 6.43. The number of amides is 2. The summed E-state index contributed by atoms with van der Waals surface area (Å²) in [6.45, 7) is 3.43. The van der Waals surface area contributed by atoms with Crippen LogP contribution >= 0.6 is 36.4 Å². The maximum Gasteiger partial charge on any atom is 0.239 e. The highest BCUT2D eigenvalue weighted by atomic mass is 35.5. The highest BCUT2D eigenvalue weighted by molar-refractivity contribution is 6.33. The van der Waals surface area contributed by atoms with Crippen molar-refractivity contribution in [3.05, 3.63) is 29.3 Å². The van der Waals surface area contributed by atoms with Crippen LogP contribution in [0.15, 0.2) is 24.3 Å². The van der Waals surface area contributed by atoms with Gasteiger partial charge in [-0.3, -0.25) is 9.59 Å². The van der Waals surface area contributed by atoms with Crippen molar-refractivity contribution in [3.63, 3.8) is 0 Å². The van der Waals surface area contributed by atoms with E-state index in [4.69, 9.17) is 17.3 Å². The van der Waals surface area contributed by atoms with E-state index in [1.54, 1.807) is 0 Å². The number of piperazine rings is 1. The molecule has 0 aliphatic carbocycles. The Balaban J connectivity index is 0.00000182. The fourth-order valence-electron chi connectivity index (χ4n) is 3.42. The smallest absolute Gasteiger partial charge is 0.239 e. The van der Waals surface area contributed by atoms with Crippen LogP contribution in [0.4, 0.5) is 5.69 Å². The number of carbonyl (C=O) groups excluding carboxylic acids is 2. The van der Waals surface area contributed by atoms with Crippen molar-refractivity contribution < 1.29 is 9.59 Å². The Bertz CT molecular complexity index is 641. The second-order valence-corrected chi connectivity index (χ2v) is 6.84. The minimum Gasteiger partial charge on any atom is -0.367 e. The molecule has 3 rings (SSSR count).